The summed E-state index contributed by atoms with van der Waals surface area (Å²) < 4.78 is 13.0. The van der Waals surface area contributed by atoms with Gasteiger partial charge in [0.05, 0.1) is 11.0 Å². The number of H-pyrrole nitrogens is 1. The largest absolute Gasteiger partial charge is 0.338 e. The highest BCUT2D eigenvalue weighted by atomic mass is 35.5. The molecule has 1 aromatic heterocycles. The summed E-state index contributed by atoms with van der Waals surface area (Å²) in [5, 5.41) is 6.15. The lowest BCUT2D eigenvalue weighted by atomic mass is 10.2. The van der Waals surface area contributed by atoms with Gasteiger partial charge in [-0.1, -0.05) is 35.4 Å². The highest BCUT2D eigenvalue weighted by molar-refractivity contribution is 6.31. The first-order chi connectivity index (χ1) is 17.9. The Morgan fingerprint density at radius 2 is 1.73 bits per heavy atom. The van der Waals surface area contributed by atoms with E-state index in [0.717, 1.165) is 28.0 Å². The SMILES string of the molecule is CC1=CCC=C(Cl)C=C1.O=CNc1ccc(-c2nc3ccc(C(=O)Nc4ccc(F)cc4)cc3[nH]2)cc1. The highest BCUT2D eigenvalue weighted by Crippen LogP contribution is 2.23. The number of hydrogen-bond donors (Lipinski definition) is 3. The van der Waals surface area contributed by atoms with E-state index < -0.39 is 0 Å². The molecule has 0 spiro atoms. The van der Waals surface area contributed by atoms with Crippen LogP contribution in [0.15, 0.2) is 102 Å². The van der Waals surface area contributed by atoms with E-state index in [0.29, 0.717) is 29.2 Å². The van der Waals surface area contributed by atoms with Gasteiger partial charge in [0.15, 0.2) is 0 Å². The Hall–Kier alpha value is -4.49. The van der Waals surface area contributed by atoms with E-state index in [1.165, 1.54) is 29.8 Å². The van der Waals surface area contributed by atoms with Crippen LogP contribution in [0, 0.1) is 5.82 Å². The molecule has 0 radical (unpaired) electrons. The van der Waals surface area contributed by atoms with Crippen LogP contribution in [0.2, 0.25) is 0 Å². The van der Waals surface area contributed by atoms with Crippen LogP contribution < -0.4 is 10.6 Å². The maximum atomic E-state index is 13.0. The summed E-state index contributed by atoms with van der Waals surface area (Å²) in [6.07, 6.45) is 9.65. The molecule has 1 aliphatic carbocycles. The first kappa shape index (κ1) is 25.6. The minimum absolute atomic E-state index is 0.297. The van der Waals surface area contributed by atoms with Crippen molar-refractivity contribution >= 4 is 46.3 Å². The highest BCUT2D eigenvalue weighted by Gasteiger charge is 2.11. The van der Waals surface area contributed by atoms with Gasteiger partial charge in [0.25, 0.3) is 5.91 Å². The van der Waals surface area contributed by atoms with Crippen molar-refractivity contribution < 1.29 is 14.0 Å². The van der Waals surface area contributed by atoms with Crippen molar-refractivity contribution in [2.24, 2.45) is 0 Å². The number of fused-ring (bicyclic) bond motifs is 1. The molecule has 0 aliphatic heterocycles. The third kappa shape index (κ3) is 7.02. The van der Waals surface area contributed by atoms with Crippen molar-refractivity contribution in [1.82, 2.24) is 9.97 Å². The lowest BCUT2D eigenvalue weighted by molar-refractivity contribution is -0.105. The first-order valence-electron chi connectivity index (χ1n) is 11.5. The quantitative estimate of drug-likeness (QED) is 0.246. The number of nitrogens with one attached hydrogen (secondary N) is 3. The topological polar surface area (TPSA) is 86.9 Å². The van der Waals surface area contributed by atoms with Gasteiger partial charge in [0.1, 0.15) is 11.6 Å². The number of carbonyl (C=O) groups is 2. The third-order valence-electron chi connectivity index (χ3n) is 5.49. The molecule has 3 aromatic carbocycles. The van der Waals surface area contributed by atoms with E-state index in [2.05, 4.69) is 33.6 Å². The predicted octanol–water partition coefficient (Wildman–Crippen LogP) is 7.20. The summed E-state index contributed by atoms with van der Waals surface area (Å²) in [5.41, 5.74) is 5.24. The molecule has 37 heavy (non-hydrogen) atoms. The minimum atomic E-state index is -0.362. The Morgan fingerprint density at radius 3 is 2.46 bits per heavy atom. The molecule has 4 aromatic rings. The van der Waals surface area contributed by atoms with Crippen LogP contribution in [0.4, 0.5) is 15.8 Å². The van der Waals surface area contributed by atoms with Crippen LogP contribution >= 0.6 is 11.6 Å². The van der Waals surface area contributed by atoms with Gasteiger partial charge in [-0.2, -0.15) is 0 Å². The van der Waals surface area contributed by atoms with Gasteiger partial charge in [-0.15, -0.1) is 0 Å². The van der Waals surface area contributed by atoms with E-state index >= 15 is 0 Å². The van der Waals surface area contributed by atoms with Crippen LogP contribution in [0.25, 0.3) is 22.4 Å². The maximum absolute atomic E-state index is 13.0. The number of nitrogens with zero attached hydrogens (tertiary/aromatic N) is 1. The van der Waals surface area contributed by atoms with Gasteiger partial charge in [-0.25, -0.2) is 9.37 Å². The second-order valence-corrected chi connectivity index (χ2v) is 8.66. The Labute approximate surface area is 218 Å². The summed E-state index contributed by atoms with van der Waals surface area (Å²) >= 11 is 5.73. The zero-order valence-corrected chi connectivity index (χ0v) is 20.7. The molecule has 3 N–H and O–H groups in total. The summed E-state index contributed by atoms with van der Waals surface area (Å²) in [6.45, 7) is 2.07. The van der Waals surface area contributed by atoms with Gasteiger partial charge in [0, 0.05) is 27.5 Å². The Bertz CT molecular complexity index is 1480. The van der Waals surface area contributed by atoms with Crippen LogP contribution in [0.5, 0.6) is 0 Å². The molecule has 6 nitrogen and oxygen atoms in total. The van der Waals surface area contributed by atoms with Gasteiger partial charge < -0.3 is 15.6 Å². The van der Waals surface area contributed by atoms with Gasteiger partial charge in [0.2, 0.25) is 6.41 Å². The molecular formula is C29H24ClFN4O2. The molecule has 0 fully saturated rings. The predicted molar refractivity (Wildman–Crippen MR) is 147 cm³/mol. The number of benzene rings is 3. The molecule has 0 bridgehead atoms. The molecule has 0 saturated heterocycles. The number of allylic oxidation sites excluding steroid dienone is 6. The number of anilines is 2. The van der Waals surface area contributed by atoms with Crippen LogP contribution in [0.1, 0.15) is 23.7 Å². The van der Waals surface area contributed by atoms with Gasteiger partial charge in [-0.3, -0.25) is 9.59 Å². The molecule has 186 valence electrons. The molecule has 1 heterocycles. The van der Waals surface area contributed by atoms with E-state index in [1.807, 2.05) is 30.4 Å². The normalized spacial score (nSPS) is 12.5. The zero-order chi connectivity index (χ0) is 26.2. The Morgan fingerprint density at radius 1 is 1.00 bits per heavy atom. The fraction of sp³-hybridized carbons (Fsp3) is 0.0690. The van der Waals surface area contributed by atoms with Crippen LogP contribution in [-0.4, -0.2) is 22.3 Å². The van der Waals surface area contributed by atoms with Crippen molar-refractivity contribution in [3.05, 3.63) is 113 Å². The molecule has 0 atom stereocenters. The number of halogens is 2. The van der Waals surface area contributed by atoms with Crippen molar-refractivity contribution in [3.8, 4) is 11.4 Å². The summed E-state index contributed by atoms with van der Waals surface area (Å²) in [4.78, 5) is 30.7. The smallest absolute Gasteiger partial charge is 0.255 e. The number of rotatable bonds is 5. The molecule has 0 saturated carbocycles. The second-order valence-electron chi connectivity index (χ2n) is 8.22. The zero-order valence-electron chi connectivity index (χ0n) is 20.0. The molecule has 2 amide bonds. The van der Waals surface area contributed by atoms with Crippen LogP contribution in [0.3, 0.4) is 0 Å². The Kier molecular flexibility index (Phi) is 8.28. The fourth-order valence-electron chi connectivity index (χ4n) is 3.52. The monoisotopic (exact) mass is 514 g/mol. The fourth-order valence-corrected chi connectivity index (χ4v) is 3.67. The average Bonchev–Trinajstić information content (AvgIpc) is 3.24. The number of amides is 2. The number of aromatic nitrogens is 2. The Balaban J connectivity index is 0.000000301. The number of hydrogen-bond acceptors (Lipinski definition) is 3. The number of aromatic amines is 1. The minimum Gasteiger partial charge on any atom is -0.338 e. The average molecular weight is 515 g/mol. The van der Waals surface area contributed by atoms with Crippen LogP contribution in [-0.2, 0) is 4.79 Å². The lowest BCUT2D eigenvalue weighted by Gasteiger charge is -2.05. The van der Waals surface area contributed by atoms with Crippen molar-refractivity contribution in [3.63, 3.8) is 0 Å². The van der Waals surface area contributed by atoms with E-state index in [1.54, 1.807) is 30.3 Å². The second kappa shape index (κ2) is 12.0. The summed E-state index contributed by atoms with van der Waals surface area (Å²) in [6, 6.07) is 18.0. The summed E-state index contributed by atoms with van der Waals surface area (Å²) in [5.74, 6) is -0.00271. The molecule has 0 unspecified atom stereocenters. The van der Waals surface area contributed by atoms with Crippen molar-refractivity contribution in [1.29, 1.82) is 0 Å². The van der Waals surface area contributed by atoms with E-state index in [9.17, 15) is 14.0 Å². The molecular weight excluding hydrogens is 491 g/mol. The first-order valence-corrected chi connectivity index (χ1v) is 11.9. The van der Waals surface area contributed by atoms with E-state index in [4.69, 9.17) is 11.6 Å². The van der Waals surface area contributed by atoms with Gasteiger partial charge in [-0.05, 0) is 86.2 Å². The van der Waals surface area contributed by atoms with E-state index in [-0.39, 0.29) is 11.7 Å². The standard InChI is InChI=1S/C21H15FN4O2.C8H9Cl/c22-15-4-8-17(9-5-15)24-21(28)14-3-10-18-19(11-14)26-20(25-18)13-1-6-16(7-2-13)23-12-27;1-7-3-2-4-8(9)6-5-7/h1-12H,(H,23,27)(H,24,28)(H,25,26);3-6H,2H2,1H3. The molecule has 8 heteroatoms. The number of imidazole rings is 1. The lowest BCUT2D eigenvalue weighted by Crippen LogP contribution is -2.11. The third-order valence-corrected chi connectivity index (χ3v) is 5.77. The van der Waals surface area contributed by atoms with Gasteiger partial charge >= 0.3 is 0 Å². The maximum Gasteiger partial charge on any atom is 0.255 e. The summed E-state index contributed by atoms with van der Waals surface area (Å²) in [7, 11) is 0. The molecule has 5 rings (SSSR count). The van der Waals surface area contributed by atoms with Crippen molar-refractivity contribution in [2.45, 2.75) is 13.3 Å². The van der Waals surface area contributed by atoms with Crippen molar-refractivity contribution in [2.75, 3.05) is 10.6 Å². The number of carbonyl (C=O) groups excluding carboxylic acids is 2. The molecule has 1 aliphatic rings.